The van der Waals surface area contributed by atoms with E-state index in [1.54, 1.807) is 19.2 Å². The molecule has 1 amide bonds. The molecule has 4 nitrogen and oxygen atoms in total. The minimum Gasteiger partial charge on any atom is -0.496 e. The molecule has 2 aromatic carbocycles. The third-order valence-corrected chi connectivity index (χ3v) is 5.24. The number of para-hydroxylation sites is 1. The van der Waals surface area contributed by atoms with Crippen LogP contribution in [0.2, 0.25) is 0 Å². The lowest BCUT2D eigenvalue weighted by Gasteiger charge is -2.32. The predicted octanol–water partition coefficient (Wildman–Crippen LogP) is 4.42. The van der Waals surface area contributed by atoms with Gasteiger partial charge in [0.2, 0.25) is 0 Å². The number of piperidine rings is 1. The van der Waals surface area contributed by atoms with Gasteiger partial charge < -0.3 is 15.0 Å². The summed E-state index contributed by atoms with van der Waals surface area (Å²) in [6.07, 6.45) is 2.51. The molecule has 1 fully saturated rings. The Balaban J connectivity index is 1.64. The van der Waals surface area contributed by atoms with Crippen LogP contribution in [0.3, 0.4) is 0 Å². The number of methoxy groups -OCH3 is 1. The Morgan fingerprint density at radius 1 is 1.12 bits per heavy atom. The number of ether oxygens (including phenoxy) is 1. The quantitative estimate of drug-likeness (QED) is 0.866. The molecule has 3 rings (SSSR count). The second-order valence-corrected chi connectivity index (χ2v) is 7.16. The van der Waals surface area contributed by atoms with E-state index < -0.39 is 0 Å². The Labute approximate surface area is 156 Å². The highest BCUT2D eigenvalue weighted by Crippen LogP contribution is 2.25. The maximum Gasteiger partial charge on any atom is 0.255 e. The number of hydrogen-bond acceptors (Lipinski definition) is 3. The fourth-order valence-corrected chi connectivity index (χ4v) is 3.43. The van der Waals surface area contributed by atoms with Crippen molar-refractivity contribution in [3.05, 3.63) is 59.7 Å². The highest BCUT2D eigenvalue weighted by Gasteiger charge is 2.17. The summed E-state index contributed by atoms with van der Waals surface area (Å²) in [6.45, 7) is 6.58. The van der Waals surface area contributed by atoms with Gasteiger partial charge in [-0.2, -0.15) is 0 Å². The highest BCUT2D eigenvalue weighted by atomic mass is 16.5. The largest absolute Gasteiger partial charge is 0.496 e. The summed E-state index contributed by atoms with van der Waals surface area (Å²) >= 11 is 0. The van der Waals surface area contributed by atoms with E-state index in [4.69, 9.17) is 4.74 Å². The van der Waals surface area contributed by atoms with Crippen LogP contribution in [0, 0.1) is 5.92 Å². The van der Waals surface area contributed by atoms with Crippen LogP contribution in [0.15, 0.2) is 48.5 Å². The molecule has 1 heterocycles. The number of hydrogen-bond donors (Lipinski definition) is 1. The molecule has 26 heavy (non-hydrogen) atoms. The van der Waals surface area contributed by atoms with Gasteiger partial charge in [0, 0.05) is 18.8 Å². The number of carbonyl (C=O) groups excluding carboxylic acids is 1. The first-order valence-corrected chi connectivity index (χ1v) is 9.37. The van der Waals surface area contributed by atoms with Crippen LogP contribution in [-0.4, -0.2) is 26.1 Å². The average molecular weight is 352 g/mol. The number of nitrogens with one attached hydrogen (secondary N) is 1. The molecule has 4 heteroatoms. The van der Waals surface area contributed by atoms with E-state index in [2.05, 4.69) is 41.4 Å². The zero-order valence-corrected chi connectivity index (χ0v) is 15.9. The molecule has 138 valence electrons. The molecular formula is C22H28N2O2. The van der Waals surface area contributed by atoms with Gasteiger partial charge in [0.15, 0.2) is 0 Å². The normalized spacial score (nSPS) is 16.2. The van der Waals surface area contributed by atoms with E-state index in [1.807, 2.05) is 19.1 Å². The van der Waals surface area contributed by atoms with Gasteiger partial charge in [-0.15, -0.1) is 0 Å². The molecule has 0 spiro atoms. The summed E-state index contributed by atoms with van der Waals surface area (Å²) < 4.78 is 5.28. The molecule has 1 saturated heterocycles. The molecule has 0 saturated carbocycles. The summed E-state index contributed by atoms with van der Waals surface area (Å²) in [6, 6.07) is 15.8. The Morgan fingerprint density at radius 2 is 1.77 bits per heavy atom. The zero-order valence-electron chi connectivity index (χ0n) is 15.9. The maximum atomic E-state index is 12.6. The lowest BCUT2D eigenvalue weighted by atomic mass is 9.98. The average Bonchev–Trinajstić information content (AvgIpc) is 2.68. The van der Waals surface area contributed by atoms with Crippen molar-refractivity contribution < 1.29 is 9.53 Å². The second-order valence-electron chi connectivity index (χ2n) is 7.16. The van der Waals surface area contributed by atoms with Gasteiger partial charge in [-0.25, -0.2) is 0 Å². The summed E-state index contributed by atoms with van der Waals surface area (Å²) in [5.41, 5.74) is 2.92. The number of rotatable bonds is 5. The van der Waals surface area contributed by atoms with E-state index in [0.29, 0.717) is 11.3 Å². The molecular weight excluding hydrogens is 324 g/mol. The Kier molecular flexibility index (Phi) is 5.82. The van der Waals surface area contributed by atoms with Gasteiger partial charge in [0.25, 0.3) is 5.91 Å². The van der Waals surface area contributed by atoms with Gasteiger partial charge in [-0.05, 0) is 55.5 Å². The van der Waals surface area contributed by atoms with Crippen LogP contribution in [0.5, 0.6) is 5.75 Å². The van der Waals surface area contributed by atoms with Crippen molar-refractivity contribution in [3.8, 4) is 5.75 Å². The molecule has 0 aliphatic carbocycles. The second kappa shape index (κ2) is 8.26. The summed E-state index contributed by atoms with van der Waals surface area (Å²) in [5, 5.41) is 3.06. The van der Waals surface area contributed by atoms with Crippen molar-refractivity contribution in [2.24, 2.45) is 5.92 Å². The standard InChI is InChI=1S/C22H28N2O2/c1-16-12-14-24(15-13-16)19-10-8-18(9-11-19)17(2)23-22(25)20-6-4-5-7-21(20)26-3/h4-11,16-17H,12-15H2,1-3H3,(H,23,25). The fraction of sp³-hybridized carbons (Fsp3) is 0.409. The number of benzene rings is 2. The highest BCUT2D eigenvalue weighted by molar-refractivity contribution is 5.97. The first-order valence-electron chi connectivity index (χ1n) is 9.37. The Bertz CT molecular complexity index is 734. The number of carbonyl (C=O) groups is 1. The molecule has 1 aliphatic heterocycles. The van der Waals surface area contributed by atoms with Crippen LogP contribution in [0.25, 0.3) is 0 Å². The molecule has 2 aromatic rings. The first kappa shape index (κ1) is 18.3. The molecule has 1 atom stereocenters. The molecule has 0 aromatic heterocycles. The topological polar surface area (TPSA) is 41.6 Å². The lowest BCUT2D eigenvalue weighted by Crippen LogP contribution is -2.32. The van der Waals surface area contributed by atoms with Crippen LogP contribution in [0.4, 0.5) is 5.69 Å². The Morgan fingerprint density at radius 3 is 2.42 bits per heavy atom. The van der Waals surface area contributed by atoms with E-state index in [0.717, 1.165) is 24.6 Å². The van der Waals surface area contributed by atoms with Crippen molar-refractivity contribution in [2.75, 3.05) is 25.1 Å². The van der Waals surface area contributed by atoms with Crippen molar-refractivity contribution in [1.82, 2.24) is 5.32 Å². The van der Waals surface area contributed by atoms with Crippen molar-refractivity contribution in [3.63, 3.8) is 0 Å². The van der Waals surface area contributed by atoms with Crippen molar-refractivity contribution >= 4 is 11.6 Å². The van der Waals surface area contributed by atoms with Gasteiger partial charge >= 0.3 is 0 Å². The molecule has 0 bridgehead atoms. The van der Waals surface area contributed by atoms with E-state index in [-0.39, 0.29) is 11.9 Å². The SMILES string of the molecule is COc1ccccc1C(=O)NC(C)c1ccc(N2CCC(C)CC2)cc1. The molecule has 0 radical (unpaired) electrons. The Hall–Kier alpha value is -2.49. The van der Waals surface area contributed by atoms with Crippen LogP contribution < -0.4 is 15.0 Å². The van der Waals surface area contributed by atoms with E-state index >= 15 is 0 Å². The third-order valence-electron chi connectivity index (χ3n) is 5.24. The predicted molar refractivity (Wildman–Crippen MR) is 106 cm³/mol. The number of amides is 1. The smallest absolute Gasteiger partial charge is 0.255 e. The minimum atomic E-state index is -0.121. The fourth-order valence-electron chi connectivity index (χ4n) is 3.43. The summed E-state index contributed by atoms with van der Waals surface area (Å²) in [7, 11) is 1.58. The van der Waals surface area contributed by atoms with Crippen LogP contribution in [-0.2, 0) is 0 Å². The van der Waals surface area contributed by atoms with E-state index in [9.17, 15) is 4.79 Å². The van der Waals surface area contributed by atoms with Crippen molar-refractivity contribution in [2.45, 2.75) is 32.7 Å². The van der Waals surface area contributed by atoms with Gasteiger partial charge in [0.1, 0.15) is 5.75 Å². The van der Waals surface area contributed by atoms with Gasteiger partial charge in [0.05, 0.1) is 18.7 Å². The number of anilines is 1. The molecule has 1 unspecified atom stereocenters. The maximum absolute atomic E-state index is 12.6. The summed E-state index contributed by atoms with van der Waals surface area (Å²) in [4.78, 5) is 15.0. The lowest BCUT2D eigenvalue weighted by molar-refractivity contribution is 0.0937. The zero-order chi connectivity index (χ0) is 18.5. The van der Waals surface area contributed by atoms with Crippen molar-refractivity contribution in [1.29, 1.82) is 0 Å². The number of nitrogens with zero attached hydrogens (tertiary/aromatic N) is 1. The van der Waals surface area contributed by atoms with E-state index in [1.165, 1.54) is 18.5 Å². The molecule has 1 aliphatic rings. The minimum absolute atomic E-state index is 0.0668. The van der Waals surface area contributed by atoms with Crippen LogP contribution >= 0.6 is 0 Å². The first-order chi connectivity index (χ1) is 12.6. The van der Waals surface area contributed by atoms with Gasteiger partial charge in [-0.3, -0.25) is 4.79 Å². The van der Waals surface area contributed by atoms with Crippen LogP contribution in [0.1, 0.15) is 48.7 Å². The third kappa shape index (κ3) is 4.18. The summed E-state index contributed by atoms with van der Waals surface area (Å²) in [5.74, 6) is 1.30. The molecule has 1 N–H and O–H groups in total. The monoisotopic (exact) mass is 352 g/mol. The van der Waals surface area contributed by atoms with Gasteiger partial charge in [-0.1, -0.05) is 31.2 Å².